The summed E-state index contributed by atoms with van der Waals surface area (Å²) >= 11 is 5.92. The molecule has 0 fully saturated rings. The van der Waals surface area contributed by atoms with Crippen molar-refractivity contribution in [3.05, 3.63) is 94.5 Å². The van der Waals surface area contributed by atoms with Crippen LogP contribution in [0.1, 0.15) is 50.3 Å². The Morgan fingerprint density at radius 3 is 1.88 bits per heavy atom. The summed E-state index contributed by atoms with van der Waals surface area (Å²) in [5, 5.41) is 10.2. The van der Waals surface area contributed by atoms with Crippen molar-refractivity contribution in [2.24, 2.45) is 5.92 Å². The monoisotopic (exact) mass is 475 g/mol. The van der Waals surface area contributed by atoms with E-state index in [9.17, 15) is 24.3 Å². The molecule has 7 heteroatoms. The van der Waals surface area contributed by atoms with Gasteiger partial charge in [-0.05, 0) is 48.2 Å². The van der Waals surface area contributed by atoms with Crippen molar-refractivity contribution in [3.8, 4) is 11.1 Å². The van der Waals surface area contributed by atoms with Gasteiger partial charge < -0.3 is 5.11 Å². The number of halogens is 1. The molecular weight excluding hydrogens is 454 g/mol. The summed E-state index contributed by atoms with van der Waals surface area (Å²) in [6.45, 7) is 0.111. The van der Waals surface area contributed by atoms with Gasteiger partial charge in [0.2, 0.25) is 0 Å². The lowest BCUT2D eigenvalue weighted by molar-refractivity contribution is -0.141. The summed E-state index contributed by atoms with van der Waals surface area (Å²) in [7, 11) is 0. The highest BCUT2D eigenvalue weighted by atomic mass is 35.5. The molecule has 3 aromatic rings. The quantitative estimate of drug-likeness (QED) is 0.332. The van der Waals surface area contributed by atoms with E-state index >= 15 is 0 Å². The molecule has 0 aromatic heterocycles. The van der Waals surface area contributed by atoms with E-state index < -0.39 is 11.9 Å². The molecule has 1 heterocycles. The Morgan fingerprint density at radius 2 is 1.35 bits per heavy atom. The maximum atomic E-state index is 12.7. The molecule has 4 rings (SSSR count). The van der Waals surface area contributed by atoms with Crippen molar-refractivity contribution in [2.45, 2.75) is 19.3 Å². The summed E-state index contributed by atoms with van der Waals surface area (Å²) in [6, 6.07) is 20.9. The van der Waals surface area contributed by atoms with E-state index in [2.05, 4.69) is 0 Å². The number of ketones is 1. The minimum atomic E-state index is -1.08. The van der Waals surface area contributed by atoms with Crippen molar-refractivity contribution in [2.75, 3.05) is 6.54 Å². The Morgan fingerprint density at radius 1 is 0.824 bits per heavy atom. The molecule has 0 radical (unpaired) electrons. The number of carbonyl (C=O) groups excluding carboxylic acids is 3. The Hall–Kier alpha value is -3.77. The zero-order chi connectivity index (χ0) is 24.2. The van der Waals surface area contributed by atoms with Gasteiger partial charge in [0.25, 0.3) is 11.8 Å². The lowest BCUT2D eigenvalue weighted by atomic mass is 9.93. The van der Waals surface area contributed by atoms with E-state index in [1.165, 1.54) is 0 Å². The van der Waals surface area contributed by atoms with Crippen molar-refractivity contribution in [1.29, 1.82) is 0 Å². The molecule has 0 bridgehead atoms. The molecule has 6 nitrogen and oxygen atoms in total. The second-order valence-corrected chi connectivity index (χ2v) is 8.63. The highest BCUT2D eigenvalue weighted by Crippen LogP contribution is 2.25. The maximum Gasteiger partial charge on any atom is 0.306 e. The minimum Gasteiger partial charge on any atom is -0.481 e. The first-order valence-electron chi connectivity index (χ1n) is 10.9. The molecule has 0 spiro atoms. The number of amides is 2. The Labute approximate surface area is 201 Å². The fourth-order valence-corrected chi connectivity index (χ4v) is 4.21. The normalized spacial score (nSPS) is 13.6. The molecule has 1 N–H and O–H groups in total. The number of hydrogen-bond donors (Lipinski definition) is 1. The SMILES string of the molecule is O=C(C[C@H](CCCN1C(=O)c2ccccc2C1=O)C(=O)O)c1ccc(-c2ccc(Cl)cc2)cc1. The highest BCUT2D eigenvalue weighted by Gasteiger charge is 2.35. The van der Waals surface area contributed by atoms with Gasteiger partial charge in [0.05, 0.1) is 17.0 Å². The van der Waals surface area contributed by atoms with E-state index in [1.54, 1.807) is 48.5 Å². The van der Waals surface area contributed by atoms with Crippen molar-refractivity contribution < 1.29 is 24.3 Å². The first kappa shape index (κ1) is 23.4. The first-order chi connectivity index (χ1) is 16.3. The Kier molecular flexibility index (Phi) is 6.89. The summed E-state index contributed by atoms with van der Waals surface area (Å²) in [6.07, 6.45) is 0.320. The van der Waals surface area contributed by atoms with Gasteiger partial charge in [-0.1, -0.05) is 60.1 Å². The molecule has 2 amide bonds. The van der Waals surface area contributed by atoms with Gasteiger partial charge in [0, 0.05) is 23.6 Å². The van der Waals surface area contributed by atoms with Crippen LogP contribution in [0.25, 0.3) is 11.1 Å². The Bertz CT molecular complexity index is 1220. The average Bonchev–Trinajstić information content (AvgIpc) is 3.09. The number of Topliss-reactive ketones (excluding diaryl/α,β-unsaturated/α-hetero) is 1. The van der Waals surface area contributed by atoms with Gasteiger partial charge in [-0.3, -0.25) is 24.1 Å². The highest BCUT2D eigenvalue weighted by molar-refractivity contribution is 6.30. The number of aliphatic carboxylic acids is 1. The third-order valence-electron chi connectivity index (χ3n) is 5.98. The van der Waals surface area contributed by atoms with Crippen LogP contribution >= 0.6 is 11.6 Å². The number of carboxylic acids is 1. The molecule has 34 heavy (non-hydrogen) atoms. The third kappa shape index (κ3) is 4.92. The predicted molar refractivity (Wildman–Crippen MR) is 128 cm³/mol. The largest absolute Gasteiger partial charge is 0.481 e. The number of carbonyl (C=O) groups is 4. The van der Waals surface area contributed by atoms with E-state index in [0.717, 1.165) is 16.0 Å². The van der Waals surface area contributed by atoms with E-state index in [4.69, 9.17) is 11.6 Å². The number of benzene rings is 3. The number of carboxylic acid groups (broad SMARTS) is 1. The standard InChI is InChI=1S/C27H22ClNO5/c28-21-13-11-18(12-14-21)17-7-9-19(10-8-17)24(30)16-20(27(33)34)4-3-15-29-25(31)22-5-1-2-6-23(22)26(29)32/h1-2,5-14,20H,3-4,15-16H2,(H,33,34)/t20-/m0/s1. The number of rotatable bonds is 9. The van der Waals surface area contributed by atoms with Crippen LogP contribution in [0.5, 0.6) is 0 Å². The number of imide groups is 1. The second kappa shape index (κ2) is 10.0. The molecule has 1 atom stereocenters. The molecule has 3 aromatic carbocycles. The minimum absolute atomic E-state index is 0.111. The van der Waals surface area contributed by atoms with E-state index in [0.29, 0.717) is 28.1 Å². The Balaban J connectivity index is 1.35. The van der Waals surface area contributed by atoms with Gasteiger partial charge in [-0.15, -0.1) is 0 Å². The molecule has 1 aliphatic rings. The van der Waals surface area contributed by atoms with Crippen LogP contribution in [0.4, 0.5) is 0 Å². The summed E-state index contributed by atoms with van der Waals surface area (Å²) < 4.78 is 0. The fourth-order valence-electron chi connectivity index (χ4n) is 4.08. The zero-order valence-electron chi connectivity index (χ0n) is 18.2. The number of nitrogens with zero attached hydrogens (tertiary/aromatic N) is 1. The maximum absolute atomic E-state index is 12.7. The van der Waals surface area contributed by atoms with Crippen LogP contribution in [-0.2, 0) is 4.79 Å². The van der Waals surface area contributed by atoms with E-state index in [-0.39, 0.29) is 37.0 Å². The smallest absolute Gasteiger partial charge is 0.306 e. The first-order valence-corrected chi connectivity index (χ1v) is 11.3. The zero-order valence-corrected chi connectivity index (χ0v) is 19.0. The van der Waals surface area contributed by atoms with E-state index in [1.807, 2.05) is 24.3 Å². The number of hydrogen-bond acceptors (Lipinski definition) is 4. The van der Waals surface area contributed by atoms with Crippen LogP contribution in [0.3, 0.4) is 0 Å². The van der Waals surface area contributed by atoms with Crippen LogP contribution in [0, 0.1) is 5.92 Å². The molecular formula is C27H22ClNO5. The molecule has 0 saturated carbocycles. The lowest BCUT2D eigenvalue weighted by Crippen LogP contribution is -2.31. The van der Waals surface area contributed by atoms with Crippen LogP contribution in [0.2, 0.25) is 5.02 Å². The third-order valence-corrected chi connectivity index (χ3v) is 6.23. The van der Waals surface area contributed by atoms with Gasteiger partial charge in [0.15, 0.2) is 5.78 Å². The predicted octanol–water partition coefficient (Wildman–Crippen LogP) is 5.36. The van der Waals surface area contributed by atoms with Crippen LogP contribution in [-0.4, -0.2) is 40.1 Å². The summed E-state index contributed by atoms with van der Waals surface area (Å²) in [5.74, 6) is -2.99. The van der Waals surface area contributed by atoms with Gasteiger partial charge in [-0.25, -0.2) is 0 Å². The van der Waals surface area contributed by atoms with Gasteiger partial charge in [-0.2, -0.15) is 0 Å². The molecule has 0 saturated heterocycles. The van der Waals surface area contributed by atoms with Crippen LogP contribution in [0.15, 0.2) is 72.8 Å². The lowest BCUT2D eigenvalue weighted by Gasteiger charge is -2.16. The number of fused-ring (bicyclic) bond motifs is 1. The molecule has 0 aliphatic carbocycles. The summed E-state index contributed by atoms with van der Waals surface area (Å²) in [5.41, 5.74) is 3.03. The fraction of sp³-hybridized carbons (Fsp3) is 0.185. The molecule has 1 aliphatic heterocycles. The summed E-state index contributed by atoms with van der Waals surface area (Å²) in [4.78, 5) is 50.5. The second-order valence-electron chi connectivity index (χ2n) is 8.20. The van der Waals surface area contributed by atoms with Crippen LogP contribution < -0.4 is 0 Å². The van der Waals surface area contributed by atoms with Crippen molar-refractivity contribution in [1.82, 2.24) is 4.90 Å². The topological polar surface area (TPSA) is 91.8 Å². The van der Waals surface area contributed by atoms with Crippen molar-refractivity contribution >= 4 is 35.2 Å². The van der Waals surface area contributed by atoms with Crippen molar-refractivity contribution in [3.63, 3.8) is 0 Å². The molecule has 172 valence electrons. The van der Waals surface area contributed by atoms with Gasteiger partial charge >= 0.3 is 5.97 Å². The molecule has 0 unspecified atom stereocenters. The van der Waals surface area contributed by atoms with Gasteiger partial charge in [0.1, 0.15) is 0 Å². The average molecular weight is 476 g/mol.